The summed E-state index contributed by atoms with van der Waals surface area (Å²) in [6.07, 6.45) is -1.05. The van der Waals surface area contributed by atoms with E-state index >= 15 is 0 Å². The molecule has 5 nitrogen and oxygen atoms in total. The first-order valence-corrected chi connectivity index (χ1v) is 7.28. The zero-order valence-corrected chi connectivity index (χ0v) is 12.8. The number of hydrogen-bond acceptors (Lipinski definition) is 3. The van der Waals surface area contributed by atoms with Gasteiger partial charge in [-0.2, -0.15) is 0 Å². The molecule has 3 rings (SSSR count). The van der Waals surface area contributed by atoms with E-state index in [0.717, 1.165) is 5.56 Å². The molecule has 0 radical (unpaired) electrons. The van der Waals surface area contributed by atoms with E-state index in [0.29, 0.717) is 22.2 Å². The van der Waals surface area contributed by atoms with Crippen molar-refractivity contribution in [3.05, 3.63) is 71.4 Å². The van der Waals surface area contributed by atoms with Gasteiger partial charge in [0.1, 0.15) is 5.69 Å². The number of halogens is 1. The summed E-state index contributed by atoms with van der Waals surface area (Å²) < 4.78 is 5.26. The number of aromatic nitrogens is 1. The molecule has 6 heteroatoms. The fourth-order valence-electron chi connectivity index (χ4n) is 2.18. The van der Waals surface area contributed by atoms with E-state index in [9.17, 15) is 9.90 Å². The Bertz CT molecular complexity index is 800. The number of carbonyl (C=O) groups is 1. The molecule has 1 heterocycles. The van der Waals surface area contributed by atoms with Crippen LogP contribution in [-0.4, -0.2) is 16.4 Å². The van der Waals surface area contributed by atoms with E-state index < -0.39 is 6.09 Å². The van der Waals surface area contributed by atoms with Gasteiger partial charge in [0.05, 0.1) is 6.54 Å². The van der Waals surface area contributed by atoms with Gasteiger partial charge in [0.25, 0.3) is 0 Å². The summed E-state index contributed by atoms with van der Waals surface area (Å²) in [6, 6.07) is 17.8. The Morgan fingerprint density at radius 3 is 2.48 bits per heavy atom. The molecule has 0 aliphatic carbocycles. The summed E-state index contributed by atoms with van der Waals surface area (Å²) in [7, 11) is 0. The molecule has 0 bridgehead atoms. The lowest BCUT2D eigenvalue weighted by atomic mass is 10.1. The SMILES string of the molecule is O=C(O)N(Cc1cc(-c2ccc(Cl)cc2)no1)c1ccccc1. The minimum atomic E-state index is -1.05. The van der Waals surface area contributed by atoms with Gasteiger partial charge in [0, 0.05) is 22.3 Å². The molecule has 3 aromatic rings. The standard InChI is InChI=1S/C17H13ClN2O3/c18-13-8-6-12(7-9-13)16-10-15(23-19-16)11-20(17(21)22)14-4-2-1-3-5-14/h1-10H,11H2,(H,21,22). The Balaban J connectivity index is 1.82. The van der Waals surface area contributed by atoms with Crippen LogP contribution in [-0.2, 0) is 6.54 Å². The number of anilines is 1. The number of carboxylic acid groups (broad SMARTS) is 1. The van der Waals surface area contributed by atoms with Crippen molar-refractivity contribution < 1.29 is 14.4 Å². The maximum atomic E-state index is 11.5. The lowest BCUT2D eigenvalue weighted by Crippen LogP contribution is -2.28. The highest BCUT2D eigenvalue weighted by molar-refractivity contribution is 6.30. The zero-order valence-electron chi connectivity index (χ0n) is 12.0. The van der Waals surface area contributed by atoms with Crippen LogP contribution in [0.5, 0.6) is 0 Å². The van der Waals surface area contributed by atoms with Crippen LogP contribution >= 0.6 is 11.6 Å². The predicted molar refractivity (Wildman–Crippen MR) is 87.6 cm³/mol. The number of rotatable bonds is 4. The molecule has 1 aromatic heterocycles. The molecule has 0 aliphatic heterocycles. The Hall–Kier alpha value is -2.79. The second-order valence-corrected chi connectivity index (χ2v) is 5.33. The van der Waals surface area contributed by atoms with Crippen molar-refractivity contribution in [3.63, 3.8) is 0 Å². The van der Waals surface area contributed by atoms with E-state index in [1.54, 1.807) is 42.5 Å². The van der Waals surface area contributed by atoms with Gasteiger partial charge in [0.15, 0.2) is 5.76 Å². The van der Waals surface area contributed by atoms with Gasteiger partial charge in [-0.3, -0.25) is 4.90 Å². The number of nitrogens with zero attached hydrogens (tertiary/aromatic N) is 2. The molecular weight excluding hydrogens is 316 g/mol. The minimum Gasteiger partial charge on any atom is -0.465 e. The second-order valence-electron chi connectivity index (χ2n) is 4.89. The van der Waals surface area contributed by atoms with Crippen LogP contribution in [0.25, 0.3) is 11.3 Å². The fraction of sp³-hybridized carbons (Fsp3) is 0.0588. The Kier molecular flexibility index (Phi) is 4.30. The third-order valence-electron chi connectivity index (χ3n) is 3.31. The average Bonchev–Trinajstić information content (AvgIpc) is 3.02. The number of hydrogen-bond donors (Lipinski definition) is 1. The van der Waals surface area contributed by atoms with E-state index in [4.69, 9.17) is 16.1 Å². The topological polar surface area (TPSA) is 66.6 Å². The van der Waals surface area contributed by atoms with Crippen molar-refractivity contribution in [1.29, 1.82) is 0 Å². The van der Waals surface area contributed by atoms with Crippen molar-refractivity contribution in [2.75, 3.05) is 4.90 Å². The van der Waals surface area contributed by atoms with Gasteiger partial charge >= 0.3 is 6.09 Å². The summed E-state index contributed by atoms with van der Waals surface area (Å²) in [6.45, 7) is 0.0833. The van der Waals surface area contributed by atoms with E-state index in [2.05, 4.69) is 5.16 Å². The first kappa shape index (κ1) is 15.1. The lowest BCUT2D eigenvalue weighted by Gasteiger charge is -2.17. The van der Waals surface area contributed by atoms with E-state index in [-0.39, 0.29) is 6.54 Å². The van der Waals surface area contributed by atoms with Gasteiger partial charge in [-0.15, -0.1) is 0 Å². The Labute approximate surface area is 137 Å². The normalized spacial score (nSPS) is 10.5. The number of benzene rings is 2. The van der Waals surface area contributed by atoms with Gasteiger partial charge < -0.3 is 9.63 Å². The zero-order chi connectivity index (χ0) is 16.2. The summed E-state index contributed by atoms with van der Waals surface area (Å²) in [5.41, 5.74) is 2.06. The quantitative estimate of drug-likeness (QED) is 0.755. The third kappa shape index (κ3) is 3.52. The van der Waals surface area contributed by atoms with Gasteiger partial charge in [-0.25, -0.2) is 4.79 Å². The van der Waals surface area contributed by atoms with Crippen LogP contribution < -0.4 is 4.90 Å². The molecule has 2 aromatic carbocycles. The largest absolute Gasteiger partial charge is 0.465 e. The van der Waals surface area contributed by atoms with Crippen LogP contribution in [0.4, 0.5) is 10.5 Å². The predicted octanol–water partition coefficient (Wildman–Crippen LogP) is 4.68. The van der Waals surface area contributed by atoms with Crippen LogP contribution in [0, 0.1) is 0 Å². The van der Waals surface area contributed by atoms with Crippen molar-refractivity contribution in [1.82, 2.24) is 5.16 Å². The van der Waals surface area contributed by atoms with Crippen molar-refractivity contribution in [2.45, 2.75) is 6.54 Å². The number of para-hydroxylation sites is 1. The van der Waals surface area contributed by atoms with E-state index in [1.165, 1.54) is 4.90 Å². The molecule has 0 saturated carbocycles. The maximum absolute atomic E-state index is 11.5. The molecule has 0 saturated heterocycles. The molecule has 1 N–H and O–H groups in total. The highest BCUT2D eigenvalue weighted by Gasteiger charge is 2.17. The molecule has 0 atom stereocenters. The van der Waals surface area contributed by atoms with Gasteiger partial charge in [-0.1, -0.05) is 47.1 Å². The van der Waals surface area contributed by atoms with Crippen LogP contribution in [0.2, 0.25) is 5.02 Å². The molecule has 0 fully saturated rings. The number of amides is 1. The Morgan fingerprint density at radius 2 is 1.83 bits per heavy atom. The Morgan fingerprint density at radius 1 is 1.13 bits per heavy atom. The summed E-state index contributed by atoms with van der Waals surface area (Å²) >= 11 is 5.86. The summed E-state index contributed by atoms with van der Waals surface area (Å²) in [5.74, 6) is 0.459. The van der Waals surface area contributed by atoms with Crippen molar-refractivity contribution in [3.8, 4) is 11.3 Å². The van der Waals surface area contributed by atoms with Crippen molar-refractivity contribution >= 4 is 23.4 Å². The molecule has 0 unspecified atom stereocenters. The molecule has 0 aliphatic rings. The first-order valence-electron chi connectivity index (χ1n) is 6.90. The second kappa shape index (κ2) is 6.54. The summed E-state index contributed by atoms with van der Waals surface area (Å²) in [5, 5.41) is 14.0. The van der Waals surface area contributed by atoms with Crippen LogP contribution in [0.15, 0.2) is 65.2 Å². The molecule has 1 amide bonds. The highest BCUT2D eigenvalue weighted by Crippen LogP contribution is 2.23. The molecular formula is C17H13ClN2O3. The summed E-state index contributed by atoms with van der Waals surface area (Å²) in [4.78, 5) is 12.7. The van der Waals surface area contributed by atoms with Gasteiger partial charge in [-0.05, 0) is 24.3 Å². The molecule has 23 heavy (non-hydrogen) atoms. The lowest BCUT2D eigenvalue weighted by molar-refractivity contribution is 0.200. The average molecular weight is 329 g/mol. The van der Waals surface area contributed by atoms with E-state index in [1.807, 2.05) is 18.2 Å². The van der Waals surface area contributed by atoms with Crippen molar-refractivity contribution in [2.24, 2.45) is 0 Å². The molecule has 0 spiro atoms. The maximum Gasteiger partial charge on any atom is 0.412 e. The monoisotopic (exact) mass is 328 g/mol. The third-order valence-corrected chi connectivity index (χ3v) is 3.56. The fourth-order valence-corrected chi connectivity index (χ4v) is 2.30. The van der Waals surface area contributed by atoms with Gasteiger partial charge in [0.2, 0.25) is 0 Å². The molecule has 116 valence electrons. The smallest absolute Gasteiger partial charge is 0.412 e. The first-order chi connectivity index (χ1) is 11.1. The minimum absolute atomic E-state index is 0.0833. The van der Waals surface area contributed by atoms with Crippen LogP contribution in [0.1, 0.15) is 5.76 Å². The van der Waals surface area contributed by atoms with Crippen LogP contribution in [0.3, 0.4) is 0 Å². The highest BCUT2D eigenvalue weighted by atomic mass is 35.5.